The van der Waals surface area contributed by atoms with Gasteiger partial charge >= 0.3 is 5.97 Å². The molecule has 0 atom stereocenters. The van der Waals surface area contributed by atoms with E-state index in [9.17, 15) is 9.90 Å². The van der Waals surface area contributed by atoms with Crippen LogP contribution in [0.15, 0.2) is 48.5 Å². The van der Waals surface area contributed by atoms with Gasteiger partial charge in [-0.25, -0.2) is 14.5 Å². The Labute approximate surface area is 178 Å². The van der Waals surface area contributed by atoms with Crippen LogP contribution in [0, 0.1) is 5.92 Å². The summed E-state index contributed by atoms with van der Waals surface area (Å²) in [6.45, 7) is 7.31. The monoisotopic (exact) mass is 405 g/mol. The zero-order valence-electron chi connectivity index (χ0n) is 18.1. The van der Waals surface area contributed by atoms with Crippen molar-refractivity contribution in [2.24, 2.45) is 5.92 Å². The zero-order chi connectivity index (χ0) is 21.5. The van der Waals surface area contributed by atoms with Crippen LogP contribution in [0.2, 0.25) is 0 Å². The molecule has 1 aromatic heterocycles. The highest BCUT2D eigenvalue weighted by atomic mass is 16.4. The Kier molecular flexibility index (Phi) is 7.39. The number of nitrogens with zero attached hydrogens (tertiary/aromatic N) is 3. The van der Waals surface area contributed by atoms with Crippen molar-refractivity contribution in [3.05, 3.63) is 71.3 Å². The first-order chi connectivity index (χ1) is 14.5. The van der Waals surface area contributed by atoms with Crippen molar-refractivity contribution in [1.29, 1.82) is 0 Å². The molecule has 0 aliphatic rings. The molecule has 1 heterocycles. The third kappa shape index (κ3) is 5.56. The van der Waals surface area contributed by atoms with Gasteiger partial charge in [-0.1, -0.05) is 69.7 Å². The molecule has 0 saturated heterocycles. The van der Waals surface area contributed by atoms with Crippen LogP contribution in [0.1, 0.15) is 67.6 Å². The number of carbonyl (C=O) groups is 1. The molecule has 0 amide bonds. The first-order valence-corrected chi connectivity index (χ1v) is 10.8. The number of hydrogen-bond acceptors (Lipinski definition) is 3. The Morgan fingerprint density at radius 3 is 2.47 bits per heavy atom. The average molecular weight is 406 g/mol. The van der Waals surface area contributed by atoms with Gasteiger partial charge in [0, 0.05) is 12.8 Å². The van der Waals surface area contributed by atoms with Gasteiger partial charge in [0.1, 0.15) is 5.82 Å². The Balaban J connectivity index is 1.81. The van der Waals surface area contributed by atoms with E-state index in [2.05, 4.69) is 20.8 Å². The van der Waals surface area contributed by atoms with Crippen molar-refractivity contribution < 1.29 is 9.90 Å². The van der Waals surface area contributed by atoms with Crippen LogP contribution in [-0.2, 0) is 19.4 Å². The highest BCUT2D eigenvalue weighted by Crippen LogP contribution is 2.24. The number of benzene rings is 2. The minimum atomic E-state index is -0.910. The van der Waals surface area contributed by atoms with Gasteiger partial charge in [0.05, 0.1) is 12.1 Å². The molecule has 0 fully saturated rings. The first kappa shape index (κ1) is 21.8. The summed E-state index contributed by atoms with van der Waals surface area (Å²) in [6, 6.07) is 15.2. The molecular weight excluding hydrogens is 374 g/mol. The molecule has 1 N–H and O–H groups in total. The number of unbranched alkanes of at least 4 members (excludes halogenated alkanes) is 1. The SMILES string of the molecule is CCCCc1nc(CCC(C)C)n(Cc2ccc(-c3ccccc3C(=O)O)cc2)n1. The van der Waals surface area contributed by atoms with Crippen LogP contribution >= 0.6 is 0 Å². The Hall–Kier alpha value is -2.95. The minimum absolute atomic E-state index is 0.318. The molecule has 5 heteroatoms. The van der Waals surface area contributed by atoms with Gasteiger partial charge in [-0.3, -0.25) is 0 Å². The molecule has 0 spiro atoms. The molecule has 3 aromatic rings. The lowest BCUT2D eigenvalue weighted by Crippen LogP contribution is -2.08. The van der Waals surface area contributed by atoms with Gasteiger partial charge in [0.2, 0.25) is 0 Å². The molecule has 30 heavy (non-hydrogen) atoms. The normalized spacial score (nSPS) is 11.2. The molecule has 0 radical (unpaired) electrons. The molecule has 0 bridgehead atoms. The predicted octanol–water partition coefficient (Wildman–Crippen LogP) is 5.62. The van der Waals surface area contributed by atoms with E-state index in [1.807, 2.05) is 41.1 Å². The average Bonchev–Trinajstić information content (AvgIpc) is 3.12. The van der Waals surface area contributed by atoms with Crippen LogP contribution in [0.3, 0.4) is 0 Å². The topological polar surface area (TPSA) is 68.0 Å². The third-order valence-corrected chi connectivity index (χ3v) is 5.25. The van der Waals surface area contributed by atoms with E-state index in [0.29, 0.717) is 18.0 Å². The largest absolute Gasteiger partial charge is 0.478 e. The Morgan fingerprint density at radius 2 is 1.80 bits per heavy atom. The molecule has 0 aliphatic carbocycles. The van der Waals surface area contributed by atoms with Gasteiger partial charge in [-0.2, -0.15) is 5.10 Å². The van der Waals surface area contributed by atoms with E-state index in [4.69, 9.17) is 10.1 Å². The van der Waals surface area contributed by atoms with Gasteiger partial charge in [-0.15, -0.1) is 0 Å². The quantitative estimate of drug-likeness (QED) is 0.475. The summed E-state index contributed by atoms with van der Waals surface area (Å²) >= 11 is 0. The lowest BCUT2D eigenvalue weighted by molar-refractivity contribution is 0.0697. The fraction of sp³-hybridized carbons (Fsp3) is 0.400. The summed E-state index contributed by atoms with van der Waals surface area (Å²) in [5, 5.41) is 14.2. The summed E-state index contributed by atoms with van der Waals surface area (Å²) in [6.07, 6.45) is 5.18. The van der Waals surface area contributed by atoms with Crippen LogP contribution in [0.5, 0.6) is 0 Å². The van der Waals surface area contributed by atoms with Gasteiger partial charge in [-0.05, 0) is 41.5 Å². The minimum Gasteiger partial charge on any atom is -0.478 e. The number of rotatable bonds is 10. The molecule has 5 nitrogen and oxygen atoms in total. The number of aryl methyl sites for hydroxylation is 2. The zero-order valence-corrected chi connectivity index (χ0v) is 18.1. The second kappa shape index (κ2) is 10.2. The van der Waals surface area contributed by atoms with Gasteiger partial charge < -0.3 is 5.11 Å². The number of aromatic nitrogens is 3. The van der Waals surface area contributed by atoms with E-state index < -0.39 is 5.97 Å². The second-order valence-electron chi connectivity index (χ2n) is 8.19. The maximum atomic E-state index is 11.5. The van der Waals surface area contributed by atoms with Crippen molar-refractivity contribution in [3.63, 3.8) is 0 Å². The second-order valence-corrected chi connectivity index (χ2v) is 8.19. The smallest absolute Gasteiger partial charge is 0.336 e. The summed E-state index contributed by atoms with van der Waals surface area (Å²) < 4.78 is 2.04. The van der Waals surface area contributed by atoms with Crippen molar-refractivity contribution in [1.82, 2.24) is 14.8 Å². The molecular formula is C25H31N3O2. The van der Waals surface area contributed by atoms with E-state index in [1.165, 1.54) is 0 Å². The van der Waals surface area contributed by atoms with Crippen molar-refractivity contribution in [3.8, 4) is 11.1 Å². The third-order valence-electron chi connectivity index (χ3n) is 5.25. The number of carboxylic acid groups (broad SMARTS) is 1. The maximum absolute atomic E-state index is 11.5. The lowest BCUT2D eigenvalue weighted by atomic mass is 9.99. The molecule has 0 saturated carbocycles. The van der Waals surface area contributed by atoms with E-state index in [-0.39, 0.29) is 0 Å². The maximum Gasteiger partial charge on any atom is 0.336 e. The summed E-state index contributed by atoms with van der Waals surface area (Å²) in [5.41, 5.74) is 3.08. The fourth-order valence-electron chi connectivity index (χ4n) is 3.48. The van der Waals surface area contributed by atoms with E-state index in [0.717, 1.165) is 60.4 Å². The molecule has 0 aliphatic heterocycles. The van der Waals surface area contributed by atoms with Crippen molar-refractivity contribution in [2.45, 2.75) is 59.4 Å². The molecule has 3 rings (SSSR count). The van der Waals surface area contributed by atoms with Crippen molar-refractivity contribution >= 4 is 5.97 Å². The summed E-state index contributed by atoms with van der Waals surface area (Å²) in [4.78, 5) is 16.3. The summed E-state index contributed by atoms with van der Waals surface area (Å²) in [7, 11) is 0. The fourth-order valence-corrected chi connectivity index (χ4v) is 3.48. The Bertz CT molecular complexity index is 974. The van der Waals surface area contributed by atoms with Crippen LogP contribution in [0.25, 0.3) is 11.1 Å². The highest BCUT2D eigenvalue weighted by molar-refractivity contribution is 5.95. The van der Waals surface area contributed by atoms with Gasteiger partial charge in [0.15, 0.2) is 5.82 Å². The van der Waals surface area contributed by atoms with Crippen molar-refractivity contribution in [2.75, 3.05) is 0 Å². The first-order valence-electron chi connectivity index (χ1n) is 10.8. The van der Waals surface area contributed by atoms with Gasteiger partial charge in [0.25, 0.3) is 0 Å². The summed E-state index contributed by atoms with van der Waals surface area (Å²) in [5.74, 6) is 1.70. The number of hydrogen-bond donors (Lipinski definition) is 1. The predicted molar refractivity (Wildman–Crippen MR) is 120 cm³/mol. The van der Waals surface area contributed by atoms with E-state index >= 15 is 0 Å². The highest BCUT2D eigenvalue weighted by Gasteiger charge is 2.13. The standard InChI is InChI=1S/C25H31N3O2/c1-4-5-10-23-26-24(16-11-18(2)3)28(27-23)17-19-12-14-20(15-13-19)21-8-6-7-9-22(21)25(29)30/h6-9,12-15,18H,4-5,10-11,16-17H2,1-3H3,(H,29,30). The number of aromatic carboxylic acids is 1. The lowest BCUT2D eigenvalue weighted by Gasteiger charge is -2.10. The van der Waals surface area contributed by atoms with E-state index in [1.54, 1.807) is 12.1 Å². The van der Waals surface area contributed by atoms with Crippen LogP contribution in [-0.4, -0.2) is 25.8 Å². The van der Waals surface area contributed by atoms with Crippen LogP contribution in [0.4, 0.5) is 0 Å². The molecule has 0 unspecified atom stereocenters. The Morgan fingerprint density at radius 1 is 1.07 bits per heavy atom. The number of carboxylic acids is 1. The molecule has 2 aromatic carbocycles. The van der Waals surface area contributed by atoms with Crippen LogP contribution < -0.4 is 0 Å². The molecule has 158 valence electrons.